The zero-order chi connectivity index (χ0) is 20.2. The second-order valence-electron chi connectivity index (χ2n) is 7.02. The predicted molar refractivity (Wildman–Crippen MR) is 133 cm³/mol. The maximum atomic E-state index is 12.8. The molecule has 1 N–H and O–H groups in total. The average molecular weight is 499 g/mol. The summed E-state index contributed by atoms with van der Waals surface area (Å²) in [5.74, 6) is 0.866. The number of nitrogens with zero attached hydrogens (tertiary/aromatic N) is 4. The Morgan fingerprint density at radius 3 is 2.55 bits per heavy atom. The van der Waals surface area contributed by atoms with Gasteiger partial charge in [0.1, 0.15) is 5.82 Å². The van der Waals surface area contributed by atoms with Gasteiger partial charge in [0.05, 0.1) is 5.69 Å². The molecule has 3 heterocycles. The molecule has 1 aliphatic heterocycles. The van der Waals surface area contributed by atoms with Gasteiger partial charge in [0.25, 0.3) is 5.91 Å². The summed E-state index contributed by atoms with van der Waals surface area (Å²) in [6, 6.07) is 11.8. The first kappa shape index (κ1) is 25.4. The smallest absolute Gasteiger partial charge is 0.253 e. The molecule has 3 aromatic rings. The van der Waals surface area contributed by atoms with Crippen molar-refractivity contribution in [2.75, 3.05) is 38.5 Å². The summed E-state index contributed by atoms with van der Waals surface area (Å²) in [5, 5.41) is 6.08. The third-order valence-corrected chi connectivity index (χ3v) is 6.55. The lowest BCUT2D eigenvalue weighted by Gasteiger charge is -2.32. The van der Waals surface area contributed by atoms with Crippen LogP contribution in [0.3, 0.4) is 0 Å². The predicted octanol–water partition coefficient (Wildman–Crippen LogP) is 4.97. The number of pyridine rings is 1. The van der Waals surface area contributed by atoms with Crippen molar-refractivity contribution in [1.82, 2.24) is 19.8 Å². The van der Waals surface area contributed by atoms with Crippen LogP contribution in [0.25, 0.3) is 0 Å². The first-order valence-corrected chi connectivity index (χ1v) is 11.2. The topological polar surface area (TPSA) is 61.4 Å². The molecule has 0 radical (unpaired) electrons. The Balaban J connectivity index is 0.00000171. The van der Waals surface area contributed by atoms with Crippen molar-refractivity contribution < 1.29 is 4.79 Å². The van der Waals surface area contributed by atoms with E-state index in [1.165, 1.54) is 0 Å². The van der Waals surface area contributed by atoms with Crippen molar-refractivity contribution in [3.8, 4) is 0 Å². The van der Waals surface area contributed by atoms with Gasteiger partial charge in [-0.2, -0.15) is 0 Å². The highest BCUT2D eigenvalue weighted by Gasteiger charge is 2.20. The van der Waals surface area contributed by atoms with Gasteiger partial charge >= 0.3 is 0 Å². The minimum atomic E-state index is 0. The van der Waals surface area contributed by atoms with Crippen LogP contribution in [0.2, 0.25) is 0 Å². The molecule has 6 nitrogen and oxygen atoms in total. The van der Waals surface area contributed by atoms with E-state index in [-0.39, 0.29) is 30.7 Å². The van der Waals surface area contributed by atoms with Crippen LogP contribution in [0.1, 0.15) is 16.1 Å². The van der Waals surface area contributed by atoms with E-state index in [1.54, 1.807) is 29.3 Å². The summed E-state index contributed by atoms with van der Waals surface area (Å²) in [5.41, 5.74) is 1.73. The second-order valence-corrected chi connectivity index (χ2v) is 9.03. The highest BCUT2D eigenvalue weighted by molar-refractivity contribution is 7.99. The summed E-state index contributed by atoms with van der Waals surface area (Å²) < 4.78 is 0. The molecule has 0 aliphatic carbocycles. The van der Waals surface area contributed by atoms with Gasteiger partial charge in [0.2, 0.25) is 0 Å². The van der Waals surface area contributed by atoms with E-state index < -0.39 is 0 Å². The molecule has 1 fully saturated rings. The summed E-state index contributed by atoms with van der Waals surface area (Å²) in [4.78, 5) is 27.9. The van der Waals surface area contributed by atoms with Crippen LogP contribution in [-0.2, 0) is 0 Å². The summed E-state index contributed by atoms with van der Waals surface area (Å²) >= 11 is 3.18. The average Bonchev–Trinajstić information content (AvgIpc) is 3.13. The molecular weight excluding hydrogens is 473 g/mol. The molecule has 31 heavy (non-hydrogen) atoms. The van der Waals surface area contributed by atoms with E-state index >= 15 is 0 Å². The molecule has 1 aromatic carbocycles. The number of nitrogens with one attached hydrogen (secondary N) is 1. The molecule has 1 amide bonds. The van der Waals surface area contributed by atoms with Crippen LogP contribution in [0.4, 0.5) is 10.9 Å². The number of benzene rings is 1. The zero-order valence-electron chi connectivity index (χ0n) is 17.3. The molecule has 1 saturated heterocycles. The number of carbonyl (C=O) groups is 1. The number of rotatable bonds is 5. The van der Waals surface area contributed by atoms with Crippen LogP contribution < -0.4 is 5.32 Å². The summed E-state index contributed by atoms with van der Waals surface area (Å²) in [7, 11) is 2.09. The number of halogens is 2. The first-order valence-electron chi connectivity index (χ1n) is 9.48. The van der Waals surface area contributed by atoms with Crippen LogP contribution in [0, 0.1) is 6.92 Å². The zero-order valence-corrected chi connectivity index (χ0v) is 20.5. The van der Waals surface area contributed by atoms with Crippen molar-refractivity contribution in [3.63, 3.8) is 0 Å². The Morgan fingerprint density at radius 1 is 1.10 bits per heavy atom. The van der Waals surface area contributed by atoms with E-state index in [4.69, 9.17) is 0 Å². The molecule has 0 spiro atoms. The van der Waals surface area contributed by atoms with Crippen LogP contribution in [0.5, 0.6) is 0 Å². The lowest BCUT2D eigenvalue weighted by molar-refractivity contribution is 0.0664. The van der Waals surface area contributed by atoms with Gasteiger partial charge in [-0.3, -0.25) is 4.79 Å². The molecule has 166 valence electrons. The number of piperazine rings is 1. The molecular formula is C21H25Cl2N5OS2. The quantitative estimate of drug-likeness (QED) is 0.536. The highest BCUT2D eigenvalue weighted by atomic mass is 35.5. The van der Waals surface area contributed by atoms with Gasteiger partial charge in [-0.15, -0.1) is 36.2 Å². The van der Waals surface area contributed by atoms with E-state index in [0.29, 0.717) is 0 Å². The standard InChI is InChI=1S/C21H23N5OS2.2ClH/c1-15-14-28-21(23-15)24-19-13-18(6-7-22-19)29-17-5-3-4-16(12-17)20(27)26-10-8-25(2)9-11-26;;/h3-7,12-14H,8-11H2,1-2H3,(H,22,23,24);2*1H. The fourth-order valence-electron chi connectivity index (χ4n) is 3.08. The minimum Gasteiger partial charge on any atom is -0.336 e. The fourth-order valence-corrected chi connectivity index (χ4v) is 4.68. The molecule has 0 atom stereocenters. The fraction of sp³-hybridized carbons (Fsp3) is 0.286. The Kier molecular flexibility index (Phi) is 9.58. The van der Waals surface area contributed by atoms with Gasteiger partial charge in [-0.05, 0) is 44.3 Å². The van der Waals surface area contributed by atoms with Gasteiger partial charge in [-0.1, -0.05) is 17.8 Å². The van der Waals surface area contributed by atoms with Crippen molar-refractivity contribution in [2.45, 2.75) is 16.7 Å². The third kappa shape index (κ3) is 6.82. The van der Waals surface area contributed by atoms with E-state index in [9.17, 15) is 4.79 Å². The lowest BCUT2D eigenvalue weighted by atomic mass is 10.2. The number of aryl methyl sites for hydroxylation is 1. The number of hydrogen-bond acceptors (Lipinski definition) is 7. The largest absolute Gasteiger partial charge is 0.336 e. The van der Waals surface area contributed by atoms with Gasteiger partial charge < -0.3 is 15.1 Å². The maximum absolute atomic E-state index is 12.8. The normalized spacial score (nSPS) is 13.8. The van der Waals surface area contributed by atoms with Crippen molar-refractivity contribution in [3.05, 3.63) is 59.2 Å². The number of aromatic nitrogens is 2. The Bertz CT molecular complexity index is 1010. The maximum Gasteiger partial charge on any atom is 0.253 e. The van der Waals surface area contributed by atoms with Gasteiger partial charge in [0, 0.05) is 53.1 Å². The second kappa shape index (κ2) is 11.7. The number of carbonyl (C=O) groups excluding carboxylic acids is 1. The molecule has 0 saturated carbocycles. The molecule has 4 rings (SSSR count). The molecule has 1 aliphatic rings. The number of amides is 1. The molecule has 10 heteroatoms. The van der Waals surface area contributed by atoms with Gasteiger partial charge in [0.15, 0.2) is 5.13 Å². The van der Waals surface area contributed by atoms with Crippen LogP contribution >= 0.6 is 47.9 Å². The minimum absolute atomic E-state index is 0. The SMILES string of the molecule is Cc1csc(Nc2cc(Sc3cccc(C(=O)N4CCN(C)CC4)c3)ccn2)n1.Cl.Cl. The van der Waals surface area contributed by atoms with E-state index in [2.05, 4.69) is 27.2 Å². The first-order chi connectivity index (χ1) is 14.1. The molecule has 0 unspecified atom stereocenters. The Labute approximate surface area is 203 Å². The summed E-state index contributed by atoms with van der Waals surface area (Å²) in [6.45, 7) is 5.37. The third-order valence-electron chi connectivity index (χ3n) is 4.69. The number of likely N-dealkylation sites (N-methyl/N-ethyl adjacent to an activating group) is 1. The van der Waals surface area contributed by atoms with Crippen molar-refractivity contribution in [1.29, 1.82) is 0 Å². The van der Waals surface area contributed by atoms with E-state index in [1.807, 2.05) is 53.6 Å². The molecule has 0 bridgehead atoms. The lowest BCUT2D eigenvalue weighted by Crippen LogP contribution is -2.47. The van der Waals surface area contributed by atoms with Crippen molar-refractivity contribution in [2.24, 2.45) is 0 Å². The Hall–Kier alpha value is -1.84. The number of thiazole rings is 1. The number of anilines is 2. The highest BCUT2D eigenvalue weighted by Crippen LogP contribution is 2.30. The van der Waals surface area contributed by atoms with Crippen molar-refractivity contribution >= 4 is 64.8 Å². The summed E-state index contributed by atoms with van der Waals surface area (Å²) in [6.07, 6.45) is 1.78. The monoisotopic (exact) mass is 497 g/mol. The van der Waals surface area contributed by atoms with Crippen LogP contribution in [-0.4, -0.2) is 58.9 Å². The Morgan fingerprint density at radius 2 is 1.84 bits per heavy atom. The van der Waals surface area contributed by atoms with Gasteiger partial charge in [-0.25, -0.2) is 9.97 Å². The van der Waals surface area contributed by atoms with Crippen LogP contribution in [0.15, 0.2) is 57.8 Å². The van der Waals surface area contributed by atoms with E-state index in [0.717, 1.165) is 58.2 Å². The molecule has 2 aromatic heterocycles. The number of hydrogen-bond donors (Lipinski definition) is 1.